The number of para-hydroxylation sites is 1. The highest BCUT2D eigenvalue weighted by Crippen LogP contribution is 2.41. The predicted octanol–water partition coefficient (Wildman–Crippen LogP) is 8.26. The molecule has 156 valence electrons. The van der Waals surface area contributed by atoms with Crippen molar-refractivity contribution >= 4 is 55.6 Å². The second-order valence-corrected chi connectivity index (χ2v) is 8.31. The van der Waals surface area contributed by atoms with Gasteiger partial charge in [0.25, 0.3) is 0 Å². The molecule has 0 N–H and O–H groups in total. The number of halogens is 1. The van der Waals surface area contributed by atoms with E-state index in [1.165, 1.54) is 0 Å². The van der Waals surface area contributed by atoms with Crippen LogP contribution in [0.25, 0.3) is 66.4 Å². The lowest BCUT2D eigenvalue weighted by Gasteiger charge is -2.04. The zero-order chi connectivity index (χ0) is 21.9. The van der Waals surface area contributed by atoms with Gasteiger partial charge in [0.1, 0.15) is 28.0 Å². The Hall–Kier alpha value is -4.15. The van der Waals surface area contributed by atoms with E-state index >= 15 is 0 Å². The maximum atomic E-state index is 6.44. The van der Waals surface area contributed by atoms with Crippen LogP contribution in [0, 0.1) is 0 Å². The average molecular weight is 447 g/mol. The standard InChI is InChI=1S/C28H15ClN2O2/c29-28-30-25(19-10-6-12-23-24(19)18-9-4-5-11-21(18)32-23)27-26(31-28)20-15-17(13-14-22(20)33-27)16-7-2-1-3-8-16/h1-15H. The first kappa shape index (κ1) is 18.4. The summed E-state index contributed by atoms with van der Waals surface area (Å²) in [6.45, 7) is 0. The fourth-order valence-corrected chi connectivity index (χ4v) is 4.75. The van der Waals surface area contributed by atoms with Crippen LogP contribution in [0.3, 0.4) is 0 Å². The van der Waals surface area contributed by atoms with E-state index in [1.54, 1.807) is 0 Å². The molecule has 0 bridgehead atoms. The van der Waals surface area contributed by atoms with Gasteiger partial charge in [0.2, 0.25) is 5.28 Å². The highest BCUT2D eigenvalue weighted by Gasteiger charge is 2.20. The predicted molar refractivity (Wildman–Crippen MR) is 132 cm³/mol. The van der Waals surface area contributed by atoms with Gasteiger partial charge < -0.3 is 8.83 Å². The van der Waals surface area contributed by atoms with Crippen molar-refractivity contribution in [1.82, 2.24) is 9.97 Å². The molecule has 5 heteroatoms. The lowest BCUT2D eigenvalue weighted by atomic mass is 10.0. The Morgan fingerprint density at radius 2 is 1.39 bits per heavy atom. The lowest BCUT2D eigenvalue weighted by molar-refractivity contribution is 0.667. The molecule has 4 aromatic carbocycles. The highest BCUT2D eigenvalue weighted by molar-refractivity contribution is 6.29. The molecule has 0 radical (unpaired) electrons. The largest absolute Gasteiger partial charge is 0.456 e. The molecule has 0 amide bonds. The Labute approximate surface area is 193 Å². The van der Waals surface area contributed by atoms with E-state index in [2.05, 4.69) is 40.3 Å². The molecule has 7 aromatic rings. The van der Waals surface area contributed by atoms with Crippen LogP contribution in [-0.2, 0) is 0 Å². The van der Waals surface area contributed by atoms with Crippen LogP contribution in [0.1, 0.15) is 0 Å². The van der Waals surface area contributed by atoms with Gasteiger partial charge in [-0.2, -0.15) is 0 Å². The second-order valence-electron chi connectivity index (χ2n) is 7.97. The number of hydrogen-bond donors (Lipinski definition) is 0. The third kappa shape index (κ3) is 2.78. The van der Waals surface area contributed by atoms with Crippen LogP contribution in [0.4, 0.5) is 0 Å². The van der Waals surface area contributed by atoms with E-state index < -0.39 is 0 Å². The molecule has 33 heavy (non-hydrogen) atoms. The van der Waals surface area contributed by atoms with Crippen LogP contribution < -0.4 is 0 Å². The van der Waals surface area contributed by atoms with Crippen molar-refractivity contribution in [3.8, 4) is 22.4 Å². The zero-order valence-corrected chi connectivity index (χ0v) is 18.0. The van der Waals surface area contributed by atoms with E-state index in [-0.39, 0.29) is 5.28 Å². The molecule has 0 aliphatic carbocycles. The summed E-state index contributed by atoms with van der Waals surface area (Å²) < 4.78 is 12.4. The molecule has 0 atom stereocenters. The van der Waals surface area contributed by atoms with Crippen LogP contribution in [0.15, 0.2) is 99.8 Å². The normalized spacial score (nSPS) is 11.8. The smallest absolute Gasteiger partial charge is 0.223 e. The maximum absolute atomic E-state index is 6.44. The molecule has 3 aromatic heterocycles. The van der Waals surface area contributed by atoms with Crippen molar-refractivity contribution in [2.45, 2.75) is 0 Å². The number of nitrogens with zero attached hydrogens (tertiary/aromatic N) is 2. The van der Waals surface area contributed by atoms with Crippen molar-refractivity contribution in [2.75, 3.05) is 0 Å². The summed E-state index contributed by atoms with van der Waals surface area (Å²) >= 11 is 6.44. The van der Waals surface area contributed by atoms with Crippen molar-refractivity contribution < 1.29 is 8.83 Å². The number of hydrogen-bond acceptors (Lipinski definition) is 4. The molecular weight excluding hydrogens is 432 g/mol. The van der Waals surface area contributed by atoms with Crippen molar-refractivity contribution in [2.24, 2.45) is 0 Å². The maximum Gasteiger partial charge on any atom is 0.223 e. The van der Waals surface area contributed by atoms with E-state index in [1.807, 2.05) is 60.7 Å². The minimum atomic E-state index is 0.176. The summed E-state index contributed by atoms with van der Waals surface area (Å²) in [6, 6.07) is 30.3. The second kappa shape index (κ2) is 6.92. The summed E-state index contributed by atoms with van der Waals surface area (Å²) in [5.41, 5.74) is 7.43. The molecular formula is C28H15ClN2O2. The monoisotopic (exact) mass is 446 g/mol. The first-order chi connectivity index (χ1) is 16.3. The number of furan rings is 2. The molecule has 7 rings (SSSR count). The van der Waals surface area contributed by atoms with Gasteiger partial charge in [-0.3, -0.25) is 0 Å². The van der Waals surface area contributed by atoms with Crippen molar-refractivity contribution in [1.29, 1.82) is 0 Å². The fourth-order valence-electron chi connectivity index (χ4n) is 4.58. The van der Waals surface area contributed by atoms with Gasteiger partial charge in [-0.25, -0.2) is 9.97 Å². The molecule has 0 saturated carbocycles. The molecule has 0 aliphatic rings. The quantitative estimate of drug-likeness (QED) is 0.251. The molecule has 0 spiro atoms. The summed E-state index contributed by atoms with van der Waals surface area (Å²) in [6.07, 6.45) is 0. The number of benzene rings is 4. The summed E-state index contributed by atoms with van der Waals surface area (Å²) in [7, 11) is 0. The topological polar surface area (TPSA) is 52.1 Å². The third-order valence-electron chi connectivity index (χ3n) is 6.05. The molecule has 0 saturated heterocycles. The van der Waals surface area contributed by atoms with Gasteiger partial charge in [0.05, 0.1) is 0 Å². The number of fused-ring (bicyclic) bond motifs is 6. The van der Waals surface area contributed by atoms with Gasteiger partial charge in [0.15, 0.2) is 5.58 Å². The van der Waals surface area contributed by atoms with E-state index in [0.717, 1.165) is 49.6 Å². The molecule has 3 heterocycles. The Morgan fingerprint density at radius 3 is 2.30 bits per heavy atom. The van der Waals surface area contributed by atoms with Crippen LogP contribution >= 0.6 is 11.6 Å². The first-order valence-electron chi connectivity index (χ1n) is 10.6. The summed E-state index contributed by atoms with van der Waals surface area (Å²) in [4.78, 5) is 9.15. The first-order valence-corrected chi connectivity index (χ1v) is 11.0. The Morgan fingerprint density at radius 1 is 0.606 bits per heavy atom. The minimum absolute atomic E-state index is 0.176. The van der Waals surface area contributed by atoms with E-state index in [9.17, 15) is 0 Å². The average Bonchev–Trinajstić information content (AvgIpc) is 3.42. The van der Waals surface area contributed by atoms with Gasteiger partial charge >= 0.3 is 0 Å². The zero-order valence-electron chi connectivity index (χ0n) is 17.2. The molecule has 4 nitrogen and oxygen atoms in total. The van der Waals surface area contributed by atoms with E-state index in [0.29, 0.717) is 16.8 Å². The van der Waals surface area contributed by atoms with E-state index in [4.69, 9.17) is 20.4 Å². The Bertz CT molecular complexity index is 1830. The third-order valence-corrected chi connectivity index (χ3v) is 6.22. The van der Waals surface area contributed by atoms with Gasteiger partial charge in [-0.1, -0.05) is 66.7 Å². The number of rotatable bonds is 2. The minimum Gasteiger partial charge on any atom is -0.456 e. The molecule has 0 fully saturated rings. The SMILES string of the molecule is Clc1nc(-c2cccc3oc4ccccc4c23)c2oc3ccc(-c4ccccc4)cc3c2n1. The lowest BCUT2D eigenvalue weighted by Crippen LogP contribution is -1.90. The van der Waals surface area contributed by atoms with Crippen LogP contribution in [-0.4, -0.2) is 9.97 Å². The van der Waals surface area contributed by atoms with Gasteiger partial charge in [-0.05, 0) is 47.0 Å². The Balaban J connectivity index is 1.55. The van der Waals surface area contributed by atoms with Crippen molar-refractivity contribution in [3.05, 3.63) is 96.3 Å². The summed E-state index contributed by atoms with van der Waals surface area (Å²) in [5.74, 6) is 0. The molecule has 0 aliphatic heterocycles. The van der Waals surface area contributed by atoms with Crippen molar-refractivity contribution in [3.63, 3.8) is 0 Å². The van der Waals surface area contributed by atoms with Crippen LogP contribution in [0.5, 0.6) is 0 Å². The van der Waals surface area contributed by atoms with Crippen LogP contribution in [0.2, 0.25) is 5.28 Å². The molecule has 0 unspecified atom stereocenters. The Kier molecular flexibility index (Phi) is 3.87. The highest BCUT2D eigenvalue weighted by atomic mass is 35.5. The van der Waals surface area contributed by atoms with Gasteiger partial charge in [0, 0.05) is 21.7 Å². The summed E-state index contributed by atoms with van der Waals surface area (Å²) in [5, 5.41) is 3.08. The number of aromatic nitrogens is 2. The fraction of sp³-hybridized carbons (Fsp3) is 0. The van der Waals surface area contributed by atoms with Gasteiger partial charge in [-0.15, -0.1) is 0 Å².